The number of hydrogen-bond donors (Lipinski definition) is 4. The molecule has 1 amide bonds. The SMILES string of the molecule is O=C(Nc1cc(F)c(F)c(F)c1)c1cc(S(=O)(=O)N2CCC(CO)C(O)C2)cc2[nH]ccc12. The summed E-state index contributed by atoms with van der Waals surface area (Å²) in [5.41, 5.74) is -0.116. The molecule has 33 heavy (non-hydrogen) atoms. The molecular formula is C21H20F3N3O5S. The molecule has 1 fully saturated rings. The van der Waals surface area contributed by atoms with Crippen LogP contribution in [0.25, 0.3) is 10.9 Å². The Balaban J connectivity index is 1.69. The third kappa shape index (κ3) is 4.34. The zero-order valence-electron chi connectivity index (χ0n) is 17.1. The van der Waals surface area contributed by atoms with Crippen molar-refractivity contribution >= 4 is 32.5 Å². The van der Waals surface area contributed by atoms with Gasteiger partial charge in [-0.1, -0.05) is 0 Å². The monoisotopic (exact) mass is 483 g/mol. The van der Waals surface area contributed by atoms with Gasteiger partial charge in [-0.15, -0.1) is 0 Å². The minimum Gasteiger partial charge on any atom is -0.396 e. The third-order valence-corrected chi connectivity index (χ3v) is 7.53. The van der Waals surface area contributed by atoms with Crippen molar-refractivity contribution in [3.05, 3.63) is 59.5 Å². The predicted octanol–water partition coefficient (Wildman–Crippen LogP) is 2.20. The van der Waals surface area contributed by atoms with Crippen LogP contribution in [-0.2, 0) is 10.0 Å². The number of carbonyl (C=O) groups is 1. The number of aliphatic hydroxyl groups is 2. The highest BCUT2D eigenvalue weighted by molar-refractivity contribution is 7.89. The van der Waals surface area contributed by atoms with Gasteiger partial charge in [-0.05, 0) is 24.6 Å². The molecule has 4 rings (SSSR count). The molecule has 1 saturated heterocycles. The Kier molecular flexibility index (Phi) is 6.18. The standard InChI is InChI=1S/C21H20F3N3O5S/c22-16-5-12(6-17(23)20(16)24)26-21(30)15-7-13(8-18-14(15)1-3-25-18)33(31,32)27-4-2-11(10-28)19(29)9-27/h1,3,5-8,11,19,25,28-29H,2,4,9-10H2,(H,26,30). The van der Waals surface area contributed by atoms with Crippen molar-refractivity contribution in [3.8, 4) is 0 Å². The van der Waals surface area contributed by atoms with Crippen LogP contribution in [0.15, 0.2) is 41.4 Å². The first-order chi connectivity index (χ1) is 15.6. The van der Waals surface area contributed by atoms with Gasteiger partial charge in [-0.25, -0.2) is 21.6 Å². The van der Waals surface area contributed by atoms with Crippen LogP contribution in [0.3, 0.4) is 0 Å². The highest BCUT2D eigenvalue weighted by Gasteiger charge is 2.35. The molecule has 2 aromatic carbocycles. The molecular weight excluding hydrogens is 463 g/mol. The van der Waals surface area contributed by atoms with Crippen LogP contribution < -0.4 is 5.32 Å². The normalized spacial score (nSPS) is 19.7. The van der Waals surface area contributed by atoms with Gasteiger partial charge in [0.25, 0.3) is 5.91 Å². The van der Waals surface area contributed by atoms with E-state index < -0.39 is 45.4 Å². The van der Waals surface area contributed by atoms with E-state index in [1.165, 1.54) is 18.3 Å². The number of fused-ring (bicyclic) bond motifs is 1. The minimum absolute atomic E-state index is 0.0725. The Hall–Kier alpha value is -2.93. The van der Waals surface area contributed by atoms with Crippen molar-refractivity contribution in [2.75, 3.05) is 25.0 Å². The lowest BCUT2D eigenvalue weighted by atomic mass is 9.96. The van der Waals surface area contributed by atoms with Crippen LogP contribution in [0.1, 0.15) is 16.8 Å². The Morgan fingerprint density at radius 2 is 1.88 bits per heavy atom. The number of nitrogens with zero attached hydrogens (tertiary/aromatic N) is 1. The van der Waals surface area contributed by atoms with Gasteiger partial charge < -0.3 is 20.5 Å². The number of aromatic nitrogens is 1. The second kappa shape index (κ2) is 8.78. The first kappa shape index (κ1) is 23.2. The fraction of sp³-hybridized carbons (Fsp3) is 0.286. The minimum atomic E-state index is -4.12. The quantitative estimate of drug-likeness (QED) is 0.415. The molecule has 12 heteroatoms. The van der Waals surface area contributed by atoms with Crippen LogP contribution >= 0.6 is 0 Å². The Labute approximate surface area is 186 Å². The number of amides is 1. The average Bonchev–Trinajstić information content (AvgIpc) is 3.25. The molecule has 1 aliphatic rings. The summed E-state index contributed by atoms with van der Waals surface area (Å²) in [4.78, 5) is 15.5. The lowest BCUT2D eigenvalue weighted by molar-refractivity contribution is 0.0222. The number of H-pyrrole nitrogens is 1. The Morgan fingerprint density at radius 3 is 2.52 bits per heavy atom. The Morgan fingerprint density at radius 1 is 1.18 bits per heavy atom. The van der Waals surface area contributed by atoms with Crippen molar-refractivity contribution in [1.82, 2.24) is 9.29 Å². The summed E-state index contributed by atoms with van der Waals surface area (Å²) < 4.78 is 67.7. The number of rotatable bonds is 5. The summed E-state index contributed by atoms with van der Waals surface area (Å²) in [5, 5.41) is 22.0. The van der Waals surface area contributed by atoms with Crippen molar-refractivity contribution in [2.24, 2.45) is 5.92 Å². The number of carbonyl (C=O) groups excluding carboxylic acids is 1. The number of hydrogen-bond acceptors (Lipinski definition) is 5. The van der Waals surface area contributed by atoms with Gasteiger partial charge in [0.15, 0.2) is 17.5 Å². The highest BCUT2D eigenvalue weighted by atomic mass is 32.2. The van der Waals surface area contributed by atoms with Crippen LogP contribution in [0.5, 0.6) is 0 Å². The van der Waals surface area contributed by atoms with E-state index in [4.69, 9.17) is 0 Å². The third-order valence-electron chi connectivity index (χ3n) is 5.69. The maximum atomic E-state index is 13.5. The van der Waals surface area contributed by atoms with Gasteiger partial charge in [0.1, 0.15) is 0 Å². The van der Waals surface area contributed by atoms with Gasteiger partial charge in [-0.3, -0.25) is 4.79 Å². The smallest absolute Gasteiger partial charge is 0.256 e. The van der Waals surface area contributed by atoms with Crippen molar-refractivity contribution in [1.29, 1.82) is 0 Å². The molecule has 8 nitrogen and oxygen atoms in total. The molecule has 1 aromatic heterocycles. The number of piperidine rings is 1. The fourth-order valence-electron chi connectivity index (χ4n) is 3.83. The number of anilines is 1. The van der Waals surface area contributed by atoms with E-state index in [0.717, 1.165) is 10.4 Å². The number of β-amino-alcohol motifs (C(OH)–C–C–N with tert-alkyl or cyclic N) is 1. The van der Waals surface area contributed by atoms with E-state index in [1.54, 1.807) is 0 Å². The van der Waals surface area contributed by atoms with Crippen molar-refractivity contribution < 1.29 is 36.6 Å². The summed E-state index contributed by atoms with van der Waals surface area (Å²) in [7, 11) is -4.12. The molecule has 4 N–H and O–H groups in total. The van der Waals surface area contributed by atoms with E-state index >= 15 is 0 Å². The molecule has 0 saturated carbocycles. The second-order valence-electron chi connectivity index (χ2n) is 7.78. The number of benzene rings is 2. The van der Waals surface area contributed by atoms with Gasteiger partial charge >= 0.3 is 0 Å². The van der Waals surface area contributed by atoms with Crippen LogP contribution in [0.4, 0.5) is 18.9 Å². The van der Waals surface area contributed by atoms with Crippen LogP contribution in [0.2, 0.25) is 0 Å². The zero-order chi connectivity index (χ0) is 23.9. The molecule has 0 bridgehead atoms. The van der Waals surface area contributed by atoms with Gasteiger partial charge in [0.2, 0.25) is 10.0 Å². The summed E-state index contributed by atoms with van der Waals surface area (Å²) in [5.74, 6) is -5.95. The molecule has 2 unspecified atom stereocenters. The number of halogens is 3. The van der Waals surface area contributed by atoms with Crippen LogP contribution in [0, 0.1) is 23.4 Å². The van der Waals surface area contributed by atoms with E-state index in [2.05, 4.69) is 10.3 Å². The molecule has 0 spiro atoms. The number of sulfonamides is 1. The summed E-state index contributed by atoms with van der Waals surface area (Å²) in [6, 6.07) is 5.21. The lowest BCUT2D eigenvalue weighted by Crippen LogP contribution is -2.47. The maximum Gasteiger partial charge on any atom is 0.256 e. The van der Waals surface area contributed by atoms with Crippen molar-refractivity contribution in [2.45, 2.75) is 17.4 Å². The van der Waals surface area contributed by atoms with E-state index in [1.807, 2.05) is 0 Å². The fourth-order valence-corrected chi connectivity index (χ4v) is 5.36. The molecule has 3 aromatic rings. The largest absolute Gasteiger partial charge is 0.396 e. The lowest BCUT2D eigenvalue weighted by Gasteiger charge is -2.34. The molecule has 1 aliphatic heterocycles. The highest BCUT2D eigenvalue weighted by Crippen LogP contribution is 2.29. The molecule has 2 atom stereocenters. The van der Waals surface area contributed by atoms with Gasteiger partial charge in [-0.2, -0.15) is 4.31 Å². The molecule has 0 radical (unpaired) electrons. The predicted molar refractivity (Wildman–Crippen MR) is 113 cm³/mol. The molecule has 0 aliphatic carbocycles. The number of nitrogens with one attached hydrogen (secondary N) is 2. The van der Waals surface area contributed by atoms with Gasteiger partial charge in [0, 0.05) is 60.5 Å². The average molecular weight is 483 g/mol. The second-order valence-corrected chi connectivity index (χ2v) is 9.72. The summed E-state index contributed by atoms with van der Waals surface area (Å²) >= 11 is 0. The van der Waals surface area contributed by atoms with Gasteiger partial charge in [0.05, 0.1) is 16.6 Å². The maximum absolute atomic E-state index is 13.5. The number of aliphatic hydroxyl groups excluding tert-OH is 2. The van der Waals surface area contributed by atoms with E-state index in [-0.39, 0.29) is 42.3 Å². The van der Waals surface area contributed by atoms with E-state index in [0.29, 0.717) is 23.0 Å². The van der Waals surface area contributed by atoms with E-state index in [9.17, 15) is 36.6 Å². The first-order valence-electron chi connectivity index (χ1n) is 9.98. The zero-order valence-corrected chi connectivity index (χ0v) is 17.9. The Bertz CT molecular complexity index is 1300. The topological polar surface area (TPSA) is 123 Å². The first-order valence-corrected chi connectivity index (χ1v) is 11.4. The summed E-state index contributed by atoms with van der Waals surface area (Å²) in [6.07, 6.45) is 0.709. The van der Waals surface area contributed by atoms with Crippen LogP contribution in [-0.4, -0.2) is 59.6 Å². The molecule has 176 valence electrons. The number of aromatic amines is 1. The summed E-state index contributed by atoms with van der Waals surface area (Å²) in [6.45, 7) is -0.409. The van der Waals surface area contributed by atoms with Crippen molar-refractivity contribution in [3.63, 3.8) is 0 Å². The molecule has 2 heterocycles.